The van der Waals surface area contributed by atoms with E-state index in [1.165, 1.54) is 0 Å². The van der Waals surface area contributed by atoms with Crippen LogP contribution in [0.15, 0.2) is 66.7 Å². The van der Waals surface area contributed by atoms with Crippen molar-refractivity contribution in [1.29, 1.82) is 0 Å². The fraction of sp³-hybridized carbons (Fsp3) is 0.280. The van der Waals surface area contributed by atoms with Gasteiger partial charge in [-0.1, -0.05) is 42.5 Å². The Morgan fingerprint density at radius 2 is 1.61 bits per heavy atom. The maximum absolute atomic E-state index is 12.6. The van der Waals surface area contributed by atoms with Crippen LogP contribution in [0.3, 0.4) is 0 Å². The molecule has 1 aliphatic heterocycles. The number of benzene rings is 3. The van der Waals surface area contributed by atoms with Crippen LogP contribution in [-0.2, 0) is 11.3 Å². The van der Waals surface area contributed by atoms with E-state index in [1.54, 1.807) is 0 Å². The molecule has 160 valence electrons. The summed E-state index contributed by atoms with van der Waals surface area (Å²) >= 11 is 0. The number of ether oxygens (including phenoxy) is 1. The van der Waals surface area contributed by atoms with E-state index < -0.39 is 0 Å². The summed E-state index contributed by atoms with van der Waals surface area (Å²) in [6.07, 6.45) is 0. The molecule has 3 aromatic rings. The number of carbonyl (C=O) groups excluding carboxylic acids is 2. The zero-order valence-corrected chi connectivity index (χ0v) is 17.7. The number of fused-ring (bicyclic) bond motifs is 1. The summed E-state index contributed by atoms with van der Waals surface area (Å²) in [7, 11) is 2.07. The Hall–Kier alpha value is -3.38. The second-order valence-electron chi connectivity index (χ2n) is 7.87. The van der Waals surface area contributed by atoms with Crippen LogP contribution in [0, 0.1) is 0 Å². The third-order valence-electron chi connectivity index (χ3n) is 5.57. The molecule has 6 heteroatoms. The molecule has 3 aromatic carbocycles. The van der Waals surface area contributed by atoms with E-state index in [9.17, 15) is 9.59 Å². The normalized spacial score (nSPS) is 14.4. The van der Waals surface area contributed by atoms with Gasteiger partial charge in [-0.15, -0.1) is 0 Å². The minimum Gasteiger partial charge on any atom is -0.484 e. The van der Waals surface area contributed by atoms with Crippen LogP contribution in [0.4, 0.5) is 0 Å². The van der Waals surface area contributed by atoms with Crippen LogP contribution >= 0.6 is 0 Å². The summed E-state index contributed by atoms with van der Waals surface area (Å²) in [6, 6.07) is 21.2. The number of carbonyl (C=O) groups is 2. The Labute approximate surface area is 182 Å². The first kappa shape index (κ1) is 20.9. The second kappa shape index (κ2) is 9.62. The number of hydrogen-bond acceptors (Lipinski definition) is 4. The van der Waals surface area contributed by atoms with Gasteiger partial charge in [0.2, 0.25) is 0 Å². The lowest BCUT2D eigenvalue weighted by molar-refractivity contribution is -0.123. The van der Waals surface area contributed by atoms with E-state index in [-0.39, 0.29) is 18.4 Å². The van der Waals surface area contributed by atoms with Gasteiger partial charge in [-0.2, -0.15) is 0 Å². The maximum Gasteiger partial charge on any atom is 0.258 e. The van der Waals surface area contributed by atoms with Crippen LogP contribution < -0.4 is 10.1 Å². The average molecular weight is 418 g/mol. The molecule has 0 saturated carbocycles. The molecule has 0 radical (unpaired) electrons. The van der Waals surface area contributed by atoms with Crippen LogP contribution in [0.2, 0.25) is 0 Å². The number of amides is 2. The van der Waals surface area contributed by atoms with Crippen molar-refractivity contribution in [3.05, 3.63) is 77.9 Å². The van der Waals surface area contributed by atoms with Gasteiger partial charge in [0.25, 0.3) is 11.8 Å². The van der Waals surface area contributed by atoms with E-state index in [0.29, 0.717) is 17.9 Å². The largest absolute Gasteiger partial charge is 0.484 e. The van der Waals surface area contributed by atoms with Crippen molar-refractivity contribution in [3.8, 4) is 5.75 Å². The predicted molar refractivity (Wildman–Crippen MR) is 121 cm³/mol. The van der Waals surface area contributed by atoms with Crippen molar-refractivity contribution in [2.24, 2.45) is 0 Å². The van der Waals surface area contributed by atoms with Crippen LogP contribution in [0.1, 0.15) is 15.9 Å². The van der Waals surface area contributed by atoms with E-state index >= 15 is 0 Å². The van der Waals surface area contributed by atoms with E-state index in [1.807, 2.05) is 71.6 Å². The maximum atomic E-state index is 12.6. The van der Waals surface area contributed by atoms with Gasteiger partial charge in [0, 0.05) is 38.3 Å². The molecule has 0 aromatic heterocycles. The second-order valence-corrected chi connectivity index (χ2v) is 7.87. The summed E-state index contributed by atoms with van der Waals surface area (Å²) in [6.45, 7) is 3.66. The Kier molecular flexibility index (Phi) is 6.48. The van der Waals surface area contributed by atoms with E-state index in [4.69, 9.17) is 4.74 Å². The molecule has 1 saturated heterocycles. The highest BCUT2D eigenvalue weighted by atomic mass is 16.5. The van der Waals surface area contributed by atoms with Crippen molar-refractivity contribution < 1.29 is 14.3 Å². The summed E-state index contributed by atoms with van der Waals surface area (Å²) in [4.78, 5) is 28.9. The van der Waals surface area contributed by atoms with Gasteiger partial charge >= 0.3 is 0 Å². The van der Waals surface area contributed by atoms with Crippen molar-refractivity contribution in [2.45, 2.75) is 6.54 Å². The van der Waals surface area contributed by atoms with Gasteiger partial charge in [-0.25, -0.2) is 0 Å². The van der Waals surface area contributed by atoms with E-state index in [2.05, 4.69) is 17.3 Å². The number of rotatable bonds is 6. The topological polar surface area (TPSA) is 61.9 Å². The number of likely N-dealkylation sites (N-methyl/N-ethyl adjacent to an activating group) is 1. The molecule has 0 atom stereocenters. The molecule has 0 unspecified atom stereocenters. The fourth-order valence-corrected chi connectivity index (χ4v) is 3.62. The average Bonchev–Trinajstić information content (AvgIpc) is 2.81. The third-order valence-corrected chi connectivity index (χ3v) is 5.57. The van der Waals surface area contributed by atoms with Crippen LogP contribution in [0.25, 0.3) is 10.8 Å². The first-order chi connectivity index (χ1) is 15.1. The molecule has 0 spiro atoms. The molecule has 1 N–H and O–H groups in total. The zero-order chi connectivity index (χ0) is 21.6. The molecule has 1 heterocycles. The SMILES string of the molecule is CN1CCN(C(=O)c2ccc(CNC(=O)COc3ccc4ccccc4c3)cc2)CC1. The van der Waals surface area contributed by atoms with Crippen molar-refractivity contribution in [2.75, 3.05) is 39.8 Å². The Morgan fingerprint density at radius 1 is 0.903 bits per heavy atom. The van der Waals surface area contributed by atoms with Crippen molar-refractivity contribution >= 4 is 22.6 Å². The fourth-order valence-electron chi connectivity index (χ4n) is 3.62. The number of piperazine rings is 1. The van der Waals surface area contributed by atoms with Crippen molar-refractivity contribution in [3.63, 3.8) is 0 Å². The highest BCUT2D eigenvalue weighted by Crippen LogP contribution is 2.20. The van der Waals surface area contributed by atoms with Gasteiger partial charge in [-0.05, 0) is 47.6 Å². The van der Waals surface area contributed by atoms with Gasteiger partial charge in [-0.3, -0.25) is 9.59 Å². The molecule has 2 amide bonds. The van der Waals surface area contributed by atoms with Gasteiger partial charge < -0.3 is 19.9 Å². The van der Waals surface area contributed by atoms with Gasteiger partial charge in [0.1, 0.15) is 5.75 Å². The molecule has 4 rings (SSSR count). The first-order valence-corrected chi connectivity index (χ1v) is 10.5. The standard InChI is InChI=1S/C25H27N3O3/c1-27-12-14-28(15-13-27)25(30)21-8-6-19(7-9-21)17-26-24(29)18-31-23-11-10-20-4-2-3-5-22(20)16-23/h2-11,16H,12-15,17-18H2,1H3,(H,26,29). The lowest BCUT2D eigenvalue weighted by atomic mass is 10.1. The minimum atomic E-state index is -0.189. The molecular formula is C25H27N3O3. The summed E-state index contributed by atoms with van der Waals surface area (Å²) in [5.74, 6) is 0.541. The summed E-state index contributed by atoms with van der Waals surface area (Å²) < 4.78 is 5.62. The highest BCUT2D eigenvalue weighted by Gasteiger charge is 2.20. The van der Waals surface area contributed by atoms with Gasteiger partial charge in [0.15, 0.2) is 6.61 Å². The molecular weight excluding hydrogens is 390 g/mol. The lowest BCUT2D eigenvalue weighted by Gasteiger charge is -2.32. The van der Waals surface area contributed by atoms with Crippen LogP contribution in [-0.4, -0.2) is 61.4 Å². The zero-order valence-electron chi connectivity index (χ0n) is 17.7. The molecule has 1 fully saturated rings. The third kappa shape index (κ3) is 5.41. The highest BCUT2D eigenvalue weighted by molar-refractivity contribution is 5.94. The Morgan fingerprint density at radius 3 is 2.35 bits per heavy atom. The number of hydrogen-bond donors (Lipinski definition) is 1. The summed E-state index contributed by atoms with van der Waals surface area (Å²) in [5, 5.41) is 5.07. The van der Waals surface area contributed by atoms with Crippen molar-refractivity contribution in [1.82, 2.24) is 15.1 Å². The lowest BCUT2D eigenvalue weighted by Crippen LogP contribution is -2.47. The Balaban J connectivity index is 1.24. The molecule has 31 heavy (non-hydrogen) atoms. The molecule has 6 nitrogen and oxygen atoms in total. The molecule has 1 aliphatic rings. The van der Waals surface area contributed by atoms with Gasteiger partial charge in [0.05, 0.1) is 0 Å². The Bertz CT molecular complexity index is 1060. The van der Waals surface area contributed by atoms with E-state index in [0.717, 1.165) is 42.5 Å². The summed E-state index contributed by atoms with van der Waals surface area (Å²) in [5.41, 5.74) is 1.62. The monoisotopic (exact) mass is 417 g/mol. The number of nitrogens with zero attached hydrogens (tertiary/aromatic N) is 2. The number of nitrogens with one attached hydrogen (secondary N) is 1. The van der Waals surface area contributed by atoms with Crippen LogP contribution in [0.5, 0.6) is 5.75 Å². The predicted octanol–water partition coefficient (Wildman–Crippen LogP) is 2.92. The first-order valence-electron chi connectivity index (χ1n) is 10.5. The molecule has 0 aliphatic carbocycles. The molecule has 0 bridgehead atoms. The smallest absolute Gasteiger partial charge is 0.258 e. The quantitative estimate of drug-likeness (QED) is 0.670. The minimum absolute atomic E-state index is 0.0433.